The van der Waals surface area contributed by atoms with Gasteiger partial charge < -0.3 is 12.9 Å². The molecule has 0 atom stereocenters. The maximum Gasteiger partial charge on any atom is 1.00 e. The summed E-state index contributed by atoms with van der Waals surface area (Å²) in [7, 11) is 0. The molecule has 0 saturated carbocycles. The van der Waals surface area contributed by atoms with E-state index in [9.17, 15) is 12.9 Å². The third-order valence-corrected chi connectivity index (χ3v) is 2.15. The maximum atomic E-state index is 12.3. The van der Waals surface area contributed by atoms with Crippen LogP contribution >= 0.6 is 0 Å². The normalized spacial score (nSPS) is 12.1. The van der Waals surface area contributed by atoms with Gasteiger partial charge in [0.2, 0.25) is 0 Å². The molecule has 0 aliphatic heterocycles. The second-order valence-electron chi connectivity index (χ2n) is 4.45. The molecule has 0 unspecified atom stereocenters. The number of rotatable bonds is 1. The Balaban J connectivity index is 0. The summed E-state index contributed by atoms with van der Waals surface area (Å²) in [4.78, 5) is 0. The average Bonchev–Trinajstić information content (AvgIpc) is 2.01. The Morgan fingerprint density at radius 1 is 1.00 bits per heavy atom. The second-order valence-corrected chi connectivity index (χ2v) is 4.45. The minimum Gasteiger partial charge on any atom is -0.445 e. The van der Waals surface area contributed by atoms with Crippen LogP contribution in [0.2, 0.25) is 0 Å². The van der Waals surface area contributed by atoms with Crippen LogP contribution in [0.15, 0.2) is 24.3 Å². The van der Waals surface area contributed by atoms with Crippen molar-refractivity contribution in [1.29, 1.82) is 0 Å². The van der Waals surface area contributed by atoms with Crippen molar-refractivity contribution >= 4 is 63.8 Å². The summed E-state index contributed by atoms with van der Waals surface area (Å²) in [6.45, 7) is 1.06. The first-order valence-electron chi connectivity index (χ1n) is 4.51. The van der Waals surface area contributed by atoms with Gasteiger partial charge >= 0.3 is 8.40 Å². The van der Waals surface area contributed by atoms with Crippen LogP contribution in [0, 0.1) is 0 Å². The summed E-state index contributed by atoms with van der Waals surface area (Å²) in [5.74, 6) is 0. The molecule has 0 heterocycles. The van der Waals surface area contributed by atoms with Gasteiger partial charge in [0, 0.05) is 51.4 Å². The molecule has 0 spiro atoms. The molecule has 0 amide bonds. The van der Waals surface area contributed by atoms with Crippen LogP contribution in [0.4, 0.5) is 12.9 Å². The smallest absolute Gasteiger partial charge is 0.445 e. The van der Waals surface area contributed by atoms with E-state index in [-0.39, 0.29) is 58.2 Å². The minimum atomic E-state index is -4.86. The van der Waals surface area contributed by atoms with Crippen molar-refractivity contribution in [3.8, 4) is 0 Å². The Morgan fingerprint density at radius 3 is 1.67 bits per heavy atom. The van der Waals surface area contributed by atoms with Gasteiger partial charge in [0.1, 0.15) is 0 Å². The van der Waals surface area contributed by atoms with Gasteiger partial charge in [-0.3, -0.25) is 0 Å². The Morgan fingerprint density at radius 2 is 1.40 bits per heavy atom. The van der Waals surface area contributed by atoms with E-state index in [0.717, 1.165) is 17.7 Å². The predicted octanol–water partition coefficient (Wildman–Crippen LogP) is 2.77. The zero-order valence-electron chi connectivity index (χ0n) is 10.5. The van der Waals surface area contributed by atoms with Crippen LogP contribution in [-0.4, -0.2) is 58.4 Å². The monoisotopic (exact) mass is 241 g/mol. The van der Waals surface area contributed by atoms with Gasteiger partial charge in [-0.25, -0.2) is 0 Å². The van der Waals surface area contributed by atoms with Crippen LogP contribution in [0.25, 0.3) is 0 Å². The fourth-order valence-corrected chi connectivity index (χ4v) is 1.20. The van der Waals surface area contributed by atoms with Gasteiger partial charge in [-0.1, -0.05) is 45.0 Å². The first kappa shape index (κ1) is 15.7. The van der Waals surface area contributed by atoms with Gasteiger partial charge in [0.25, 0.3) is 0 Å². The Labute approximate surface area is 133 Å². The minimum absolute atomic E-state index is 0. The van der Waals surface area contributed by atoms with E-state index in [2.05, 4.69) is 0 Å². The molecule has 0 nitrogen and oxygen atoms in total. The van der Waals surface area contributed by atoms with Crippen LogP contribution in [0.3, 0.4) is 0 Å². The fraction of sp³-hybridized carbons (Fsp3) is 0.400. The van der Waals surface area contributed by atoms with Gasteiger partial charge in [-0.05, 0) is 11.0 Å². The topological polar surface area (TPSA) is 0 Å². The number of benzene rings is 1. The van der Waals surface area contributed by atoms with Crippen molar-refractivity contribution in [2.45, 2.75) is 26.2 Å². The molecule has 1 rings (SSSR count). The van der Waals surface area contributed by atoms with Gasteiger partial charge in [0.15, 0.2) is 0 Å². The standard InChI is InChI=1S/C10H13BF3.K/c1-10(2,3)8-4-6-9(7-5-8)11(12,13)14;/h4-7H,1-3H3;/q-1;/p+1. The molecule has 5 heteroatoms. The van der Waals surface area contributed by atoms with Gasteiger partial charge in [0.05, 0.1) is 0 Å². The van der Waals surface area contributed by atoms with Crippen LogP contribution in [-0.2, 0) is 5.41 Å². The van der Waals surface area contributed by atoms with Crippen molar-refractivity contribution in [3.63, 3.8) is 0 Å². The van der Waals surface area contributed by atoms with E-state index in [4.69, 9.17) is 0 Å². The first-order valence-corrected chi connectivity index (χ1v) is 4.51. The van der Waals surface area contributed by atoms with Crippen molar-refractivity contribution in [2.24, 2.45) is 0 Å². The average molecular weight is 241 g/mol. The van der Waals surface area contributed by atoms with Crippen molar-refractivity contribution < 1.29 is 14.4 Å². The van der Waals surface area contributed by atoms with Crippen molar-refractivity contribution in [3.05, 3.63) is 29.8 Å². The van der Waals surface area contributed by atoms with Gasteiger partial charge in [-0.2, -0.15) is 0 Å². The van der Waals surface area contributed by atoms with Crippen molar-refractivity contribution in [2.75, 3.05) is 0 Å². The van der Waals surface area contributed by atoms with Gasteiger partial charge in [-0.15, -0.1) is 5.46 Å². The third-order valence-electron chi connectivity index (χ3n) is 2.15. The molecular weight excluding hydrogens is 227 g/mol. The quantitative estimate of drug-likeness (QED) is 0.663. The van der Waals surface area contributed by atoms with Crippen molar-refractivity contribution in [1.82, 2.24) is 0 Å². The molecule has 0 fully saturated rings. The molecule has 1 aromatic carbocycles. The molecule has 1 aromatic rings. The molecule has 0 saturated heterocycles. The number of halogens is 3. The summed E-state index contributed by atoms with van der Waals surface area (Å²) >= 11 is 0. The molecule has 0 N–H and O–H groups in total. The van der Waals surface area contributed by atoms with E-state index in [1.807, 2.05) is 20.8 Å². The zero-order valence-corrected chi connectivity index (χ0v) is 12.6. The molecule has 79 valence electrons. The molecular formula is C10H14BF3K. The molecule has 1 radical (unpaired) electrons. The van der Waals surface area contributed by atoms with E-state index in [1.54, 1.807) is 12.1 Å². The van der Waals surface area contributed by atoms with Crippen LogP contribution in [0.1, 0.15) is 27.8 Å². The fourth-order valence-electron chi connectivity index (χ4n) is 1.20. The Kier molecular flexibility index (Phi) is 5.62. The number of hydrogen-bond acceptors (Lipinski definition) is 0. The first-order chi connectivity index (χ1) is 6.21. The summed E-state index contributed by atoms with van der Waals surface area (Å²) in [6, 6.07) is 5.40. The number of hydrogen-bond donors (Lipinski definition) is 0. The second kappa shape index (κ2) is 5.36. The van der Waals surface area contributed by atoms with E-state index < -0.39 is 12.4 Å². The molecule has 0 aromatic heterocycles. The zero-order chi connectivity index (χ0) is 11.0. The summed E-state index contributed by atoms with van der Waals surface area (Å²) in [5, 5.41) is 0. The van der Waals surface area contributed by atoms with Crippen LogP contribution < -0.4 is 5.46 Å². The van der Waals surface area contributed by atoms with E-state index in [1.165, 1.54) is 0 Å². The molecule has 0 bridgehead atoms. The van der Waals surface area contributed by atoms with E-state index in [0.29, 0.717) is 0 Å². The molecule has 15 heavy (non-hydrogen) atoms. The Hall–Kier alpha value is 0.711. The summed E-state index contributed by atoms with van der Waals surface area (Å²) in [6.07, 6.45) is 0. The summed E-state index contributed by atoms with van der Waals surface area (Å²) < 4.78 is 36.8. The van der Waals surface area contributed by atoms with Crippen LogP contribution in [0.5, 0.6) is 0 Å². The molecule has 0 aliphatic rings. The Bertz CT molecular complexity index is 283. The van der Waals surface area contributed by atoms with E-state index >= 15 is 0 Å². The third kappa shape index (κ3) is 4.61. The molecule has 0 aliphatic carbocycles. The maximum absolute atomic E-state index is 12.3. The summed E-state index contributed by atoms with van der Waals surface area (Å²) in [5.41, 5.74) is 0.288. The predicted molar refractivity (Wildman–Crippen MR) is 60.7 cm³/mol. The SMILES string of the molecule is CC(C)(C)c1ccc([B-](F)(F)F)cc1.[H+].[K]. The largest absolute Gasteiger partial charge is 1.00 e.